The summed E-state index contributed by atoms with van der Waals surface area (Å²) in [5.74, 6) is 0.298. The highest BCUT2D eigenvalue weighted by Crippen LogP contribution is 2.36. The molecular formula is C16H17Cl2N3O2. The SMILES string of the molecule is CC1CCC2(CC1)NC(=O)N(/N=C/c1ccc(Cl)cc1Cl)C2=O. The van der Waals surface area contributed by atoms with Crippen LogP contribution in [0.25, 0.3) is 0 Å². The number of benzene rings is 1. The Morgan fingerprint density at radius 1 is 1.30 bits per heavy atom. The van der Waals surface area contributed by atoms with Crippen molar-refractivity contribution < 1.29 is 9.59 Å². The smallest absolute Gasteiger partial charge is 0.321 e. The van der Waals surface area contributed by atoms with E-state index in [-0.39, 0.29) is 5.91 Å². The number of urea groups is 1. The molecule has 7 heteroatoms. The molecule has 122 valence electrons. The lowest BCUT2D eigenvalue weighted by Gasteiger charge is -2.33. The normalized spacial score (nSPS) is 28.0. The van der Waals surface area contributed by atoms with Gasteiger partial charge < -0.3 is 5.32 Å². The lowest BCUT2D eigenvalue weighted by molar-refractivity contribution is -0.132. The number of hydrogen-bond acceptors (Lipinski definition) is 3. The van der Waals surface area contributed by atoms with E-state index in [1.807, 2.05) is 0 Å². The first-order valence-corrected chi connectivity index (χ1v) is 8.33. The number of nitrogens with zero attached hydrogens (tertiary/aromatic N) is 2. The van der Waals surface area contributed by atoms with Crippen molar-refractivity contribution in [1.82, 2.24) is 10.3 Å². The van der Waals surface area contributed by atoms with Gasteiger partial charge in [0.2, 0.25) is 0 Å². The van der Waals surface area contributed by atoms with Crippen LogP contribution in [0.1, 0.15) is 38.2 Å². The van der Waals surface area contributed by atoms with Crippen molar-refractivity contribution in [3.8, 4) is 0 Å². The summed E-state index contributed by atoms with van der Waals surface area (Å²) in [5, 5.41) is 8.68. The van der Waals surface area contributed by atoms with E-state index in [2.05, 4.69) is 17.3 Å². The van der Waals surface area contributed by atoms with Gasteiger partial charge in [-0.05, 0) is 43.7 Å². The van der Waals surface area contributed by atoms with Crippen molar-refractivity contribution in [3.63, 3.8) is 0 Å². The molecule has 3 rings (SSSR count). The average Bonchev–Trinajstić information content (AvgIpc) is 2.73. The molecule has 0 atom stereocenters. The van der Waals surface area contributed by atoms with Crippen LogP contribution in [-0.4, -0.2) is 28.7 Å². The number of hydrogen-bond donors (Lipinski definition) is 1. The van der Waals surface area contributed by atoms with Gasteiger partial charge in [-0.15, -0.1) is 5.01 Å². The fraction of sp³-hybridized carbons (Fsp3) is 0.438. The van der Waals surface area contributed by atoms with Gasteiger partial charge in [0.15, 0.2) is 0 Å². The van der Waals surface area contributed by atoms with E-state index in [1.54, 1.807) is 18.2 Å². The van der Waals surface area contributed by atoms with Crippen LogP contribution in [0, 0.1) is 5.92 Å². The molecule has 1 saturated carbocycles. The van der Waals surface area contributed by atoms with Crippen LogP contribution in [0.2, 0.25) is 10.0 Å². The average molecular weight is 354 g/mol. The number of carbonyl (C=O) groups is 2. The number of amides is 3. The second kappa shape index (κ2) is 6.13. The van der Waals surface area contributed by atoms with Crippen LogP contribution >= 0.6 is 23.2 Å². The van der Waals surface area contributed by atoms with Gasteiger partial charge in [0.25, 0.3) is 5.91 Å². The summed E-state index contributed by atoms with van der Waals surface area (Å²) in [6.07, 6.45) is 4.57. The lowest BCUT2D eigenvalue weighted by Crippen LogP contribution is -2.49. The molecule has 0 unspecified atom stereocenters. The Kier molecular flexibility index (Phi) is 4.34. The van der Waals surface area contributed by atoms with E-state index in [4.69, 9.17) is 23.2 Å². The third-order valence-corrected chi connectivity index (χ3v) is 5.11. The molecular weight excluding hydrogens is 337 g/mol. The van der Waals surface area contributed by atoms with Crippen molar-refractivity contribution >= 4 is 41.4 Å². The van der Waals surface area contributed by atoms with Crippen LogP contribution in [0.15, 0.2) is 23.3 Å². The maximum absolute atomic E-state index is 12.6. The van der Waals surface area contributed by atoms with Crippen LogP contribution in [-0.2, 0) is 4.79 Å². The molecule has 5 nitrogen and oxygen atoms in total. The van der Waals surface area contributed by atoms with E-state index in [0.29, 0.717) is 34.4 Å². The summed E-state index contributed by atoms with van der Waals surface area (Å²) in [6, 6.07) is 4.46. The number of nitrogens with one attached hydrogen (secondary N) is 1. The van der Waals surface area contributed by atoms with Gasteiger partial charge in [0.05, 0.1) is 11.2 Å². The molecule has 0 radical (unpaired) electrons. The minimum absolute atomic E-state index is 0.282. The number of halogens is 2. The Balaban J connectivity index is 1.79. The molecule has 0 aromatic heterocycles. The van der Waals surface area contributed by atoms with E-state index in [0.717, 1.165) is 17.9 Å². The van der Waals surface area contributed by atoms with Crippen molar-refractivity contribution in [2.45, 2.75) is 38.1 Å². The van der Waals surface area contributed by atoms with Gasteiger partial charge in [-0.25, -0.2) is 4.79 Å². The molecule has 1 N–H and O–H groups in total. The fourth-order valence-electron chi connectivity index (χ4n) is 3.03. The van der Waals surface area contributed by atoms with Crippen LogP contribution < -0.4 is 5.32 Å². The summed E-state index contributed by atoms with van der Waals surface area (Å²) >= 11 is 11.9. The summed E-state index contributed by atoms with van der Waals surface area (Å²) < 4.78 is 0. The number of carbonyl (C=O) groups excluding carboxylic acids is 2. The van der Waals surface area contributed by atoms with Gasteiger partial charge in [-0.3, -0.25) is 4.79 Å². The van der Waals surface area contributed by atoms with Crippen molar-refractivity contribution in [2.24, 2.45) is 11.0 Å². The zero-order chi connectivity index (χ0) is 16.6. The van der Waals surface area contributed by atoms with Gasteiger partial charge >= 0.3 is 6.03 Å². The van der Waals surface area contributed by atoms with Crippen LogP contribution in [0.5, 0.6) is 0 Å². The van der Waals surface area contributed by atoms with Crippen molar-refractivity contribution in [3.05, 3.63) is 33.8 Å². The first-order valence-electron chi connectivity index (χ1n) is 7.57. The second-order valence-corrected chi connectivity index (χ2v) is 7.07. The van der Waals surface area contributed by atoms with Crippen LogP contribution in [0.4, 0.5) is 4.79 Å². The molecule has 1 aromatic rings. The van der Waals surface area contributed by atoms with Gasteiger partial charge in [0, 0.05) is 10.6 Å². The van der Waals surface area contributed by atoms with E-state index >= 15 is 0 Å². The van der Waals surface area contributed by atoms with Gasteiger partial charge in [0.1, 0.15) is 5.54 Å². The molecule has 1 aromatic carbocycles. The summed E-state index contributed by atoms with van der Waals surface area (Å²) in [6.45, 7) is 2.16. The number of imide groups is 1. The molecule has 1 aliphatic heterocycles. The second-order valence-electron chi connectivity index (χ2n) is 6.22. The molecule has 2 aliphatic rings. The van der Waals surface area contributed by atoms with Gasteiger partial charge in [-0.1, -0.05) is 36.2 Å². The topological polar surface area (TPSA) is 61.8 Å². The maximum Gasteiger partial charge on any atom is 0.346 e. The Morgan fingerprint density at radius 2 is 2.00 bits per heavy atom. The molecule has 3 amide bonds. The summed E-state index contributed by atoms with van der Waals surface area (Å²) in [5.41, 5.74) is -0.194. The lowest BCUT2D eigenvalue weighted by atomic mass is 9.77. The van der Waals surface area contributed by atoms with Gasteiger partial charge in [-0.2, -0.15) is 5.10 Å². The molecule has 2 fully saturated rings. The van der Waals surface area contributed by atoms with Crippen LogP contribution in [0.3, 0.4) is 0 Å². The third kappa shape index (κ3) is 3.08. The number of rotatable bonds is 2. The zero-order valence-corrected chi connectivity index (χ0v) is 14.2. The Hall–Kier alpha value is -1.59. The Morgan fingerprint density at radius 3 is 2.65 bits per heavy atom. The minimum atomic E-state index is -0.787. The first kappa shape index (κ1) is 16.3. The van der Waals surface area contributed by atoms with E-state index in [9.17, 15) is 9.59 Å². The third-order valence-electron chi connectivity index (χ3n) is 4.54. The monoisotopic (exact) mass is 353 g/mol. The highest BCUT2D eigenvalue weighted by atomic mass is 35.5. The zero-order valence-electron chi connectivity index (χ0n) is 12.7. The fourth-order valence-corrected chi connectivity index (χ4v) is 3.49. The highest BCUT2D eigenvalue weighted by Gasteiger charge is 2.52. The van der Waals surface area contributed by atoms with E-state index < -0.39 is 11.6 Å². The summed E-state index contributed by atoms with van der Waals surface area (Å²) in [7, 11) is 0. The van der Waals surface area contributed by atoms with Crippen molar-refractivity contribution in [2.75, 3.05) is 0 Å². The molecule has 1 aliphatic carbocycles. The molecule has 23 heavy (non-hydrogen) atoms. The molecule has 0 bridgehead atoms. The highest BCUT2D eigenvalue weighted by molar-refractivity contribution is 6.36. The first-order chi connectivity index (χ1) is 10.9. The quantitative estimate of drug-likeness (QED) is 0.648. The number of hydrazone groups is 1. The predicted octanol–water partition coefficient (Wildman–Crippen LogP) is 3.83. The molecule has 1 spiro atoms. The largest absolute Gasteiger partial charge is 0.346 e. The van der Waals surface area contributed by atoms with E-state index in [1.165, 1.54) is 6.21 Å². The van der Waals surface area contributed by atoms with Crippen molar-refractivity contribution in [1.29, 1.82) is 0 Å². The summed E-state index contributed by atoms with van der Waals surface area (Å²) in [4.78, 5) is 24.8. The maximum atomic E-state index is 12.6. The standard InChI is InChI=1S/C16H17Cl2N3O2/c1-10-4-6-16(7-5-10)14(22)21(15(23)20-16)19-9-11-2-3-12(17)8-13(11)18/h2-3,8-10H,4-7H2,1H3,(H,20,23)/b19-9+. The minimum Gasteiger partial charge on any atom is -0.321 e. The Labute approximate surface area is 144 Å². The Bertz CT molecular complexity index is 682. The predicted molar refractivity (Wildman–Crippen MR) is 89.8 cm³/mol. The molecule has 1 heterocycles. The molecule has 1 saturated heterocycles.